The topological polar surface area (TPSA) is 92.3 Å². The Morgan fingerprint density at radius 3 is 2.61 bits per heavy atom. The molecule has 0 aliphatic carbocycles. The van der Waals surface area contributed by atoms with E-state index in [1.54, 1.807) is 18.2 Å². The summed E-state index contributed by atoms with van der Waals surface area (Å²) in [6.45, 7) is 4.10. The van der Waals surface area contributed by atoms with E-state index in [2.05, 4.69) is 15.5 Å². The van der Waals surface area contributed by atoms with E-state index >= 15 is 0 Å². The van der Waals surface area contributed by atoms with E-state index in [1.165, 1.54) is 22.5 Å². The van der Waals surface area contributed by atoms with Crippen LogP contribution < -0.4 is 5.32 Å². The zero-order valence-corrected chi connectivity index (χ0v) is 18.6. The fraction of sp³-hybridized carbons (Fsp3) is 0.286. The normalized spacial score (nSPS) is 17.1. The SMILES string of the molecule is Cc1cc(C)cc(S(=O)(=O)N2CCC[C@@H]2c2nnc(C(=O)Nc3cccc(F)c3)s2)c1. The lowest BCUT2D eigenvalue weighted by molar-refractivity contribution is 0.102. The molecule has 1 atom stereocenters. The summed E-state index contributed by atoms with van der Waals surface area (Å²) in [4.78, 5) is 12.7. The Kier molecular flexibility index (Phi) is 5.87. The van der Waals surface area contributed by atoms with Gasteiger partial charge in [-0.3, -0.25) is 4.79 Å². The van der Waals surface area contributed by atoms with Gasteiger partial charge in [-0.1, -0.05) is 23.5 Å². The smallest absolute Gasteiger partial charge is 0.286 e. The van der Waals surface area contributed by atoms with Gasteiger partial charge in [0.1, 0.15) is 10.8 Å². The lowest BCUT2D eigenvalue weighted by Crippen LogP contribution is -2.30. The average molecular weight is 461 g/mol. The Morgan fingerprint density at radius 2 is 1.90 bits per heavy atom. The van der Waals surface area contributed by atoms with E-state index in [0.717, 1.165) is 22.5 Å². The number of amides is 1. The van der Waals surface area contributed by atoms with Gasteiger partial charge in [0.05, 0.1) is 10.9 Å². The maximum atomic E-state index is 13.3. The molecule has 31 heavy (non-hydrogen) atoms. The number of nitrogens with zero attached hydrogens (tertiary/aromatic N) is 3. The molecule has 1 aliphatic heterocycles. The third kappa shape index (κ3) is 4.51. The zero-order valence-electron chi connectivity index (χ0n) is 17.0. The Morgan fingerprint density at radius 1 is 1.16 bits per heavy atom. The van der Waals surface area contributed by atoms with Crippen LogP contribution in [0.15, 0.2) is 47.4 Å². The van der Waals surface area contributed by atoms with Crippen molar-refractivity contribution in [1.82, 2.24) is 14.5 Å². The van der Waals surface area contributed by atoms with Crippen molar-refractivity contribution in [2.24, 2.45) is 0 Å². The number of carbonyl (C=O) groups excluding carboxylic acids is 1. The summed E-state index contributed by atoms with van der Waals surface area (Å²) in [5.41, 5.74) is 2.06. The number of hydrogen-bond acceptors (Lipinski definition) is 6. The fourth-order valence-electron chi connectivity index (χ4n) is 3.70. The molecule has 10 heteroatoms. The highest BCUT2D eigenvalue weighted by Gasteiger charge is 2.38. The highest BCUT2D eigenvalue weighted by molar-refractivity contribution is 7.89. The maximum absolute atomic E-state index is 13.3. The number of halogens is 1. The van der Waals surface area contributed by atoms with Crippen molar-refractivity contribution in [1.29, 1.82) is 0 Å². The number of hydrogen-bond donors (Lipinski definition) is 1. The van der Waals surface area contributed by atoms with Gasteiger partial charge in [0, 0.05) is 12.2 Å². The Balaban J connectivity index is 1.57. The van der Waals surface area contributed by atoms with Gasteiger partial charge in [-0.05, 0) is 68.1 Å². The van der Waals surface area contributed by atoms with Gasteiger partial charge in [-0.15, -0.1) is 10.2 Å². The van der Waals surface area contributed by atoms with Gasteiger partial charge in [0.2, 0.25) is 15.0 Å². The van der Waals surface area contributed by atoms with E-state index in [9.17, 15) is 17.6 Å². The minimum atomic E-state index is -3.72. The average Bonchev–Trinajstić information content (AvgIpc) is 3.37. The second-order valence-corrected chi connectivity index (χ2v) is 10.4. The second kappa shape index (κ2) is 8.45. The minimum Gasteiger partial charge on any atom is -0.320 e. The van der Waals surface area contributed by atoms with Crippen molar-refractivity contribution in [3.8, 4) is 0 Å². The molecule has 2 aromatic carbocycles. The molecule has 1 aromatic heterocycles. The van der Waals surface area contributed by atoms with Crippen molar-refractivity contribution in [3.63, 3.8) is 0 Å². The monoisotopic (exact) mass is 460 g/mol. The number of benzene rings is 2. The summed E-state index contributed by atoms with van der Waals surface area (Å²) < 4.78 is 41.4. The Labute approximate surface area is 184 Å². The summed E-state index contributed by atoms with van der Waals surface area (Å²) >= 11 is 1.05. The molecule has 0 saturated carbocycles. The summed E-state index contributed by atoms with van der Waals surface area (Å²) in [5.74, 6) is -0.981. The second-order valence-electron chi connectivity index (χ2n) is 7.51. The van der Waals surface area contributed by atoms with E-state index in [-0.39, 0.29) is 9.90 Å². The maximum Gasteiger partial charge on any atom is 0.286 e. The van der Waals surface area contributed by atoms with Crippen molar-refractivity contribution in [2.75, 3.05) is 11.9 Å². The molecule has 1 fully saturated rings. The van der Waals surface area contributed by atoms with Crippen LogP contribution in [0.4, 0.5) is 10.1 Å². The zero-order chi connectivity index (χ0) is 22.2. The number of rotatable bonds is 5. The van der Waals surface area contributed by atoms with Crippen LogP contribution in [-0.4, -0.2) is 35.4 Å². The van der Waals surface area contributed by atoms with Gasteiger partial charge in [-0.25, -0.2) is 12.8 Å². The van der Waals surface area contributed by atoms with Gasteiger partial charge < -0.3 is 5.32 Å². The number of sulfonamides is 1. The summed E-state index contributed by atoms with van der Waals surface area (Å²) in [7, 11) is -3.72. The van der Waals surface area contributed by atoms with Gasteiger partial charge in [-0.2, -0.15) is 4.31 Å². The fourth-order valence-corrected chi connectivity index (χ4v) is 6.51. The van der Waals surface area contributed by atoms with Crippen LogP contribution in [0.25, 0.3) is 0 Å². The predicted octanol–water partition coefficient (Wildman–Crippen LogP) is 4.07. The van der Waals surface area contributed by atoms with E-state index in [4.69, 9.17) is 0 Å². The van der Waals surface area contributed by atoms with Crippen LogP contribution in [0, 0.1) is 19.7 Å². The predicted molar refractivity (Wildman–Crippen MR) is 116 cm³/mol. The molecular weight excluding hydrogens is 439 g/mol. The summed E-state index contributed by atoms with van der Waals surface area (Å²) in [6, 6.07) is 10.3. The van der Waals surface area contributed by atoms with Crippen LogP contribution in [0.3, 0.4) is 0 Å². The van der Waals surface area contributed by atoms with Crippen molar-refractivity contribution >= 4 is 33.0 Å². The standard InChI is InChI=1S/C21H21FN4O3S2/c1-13-9-14(2)11-17(10-13)31(28,29)26-8-4-7-18(26)20-24-25-21(30-20)19(27)23-16-6-3-5-15(22)12-16/h3,5-6,9-12,18H,4,7-8H2,1-2H3,(H,23,27)/t18-/m1/s1. The van der Waals surface area contributed by atoms with Crippen LogP contribution in [0.1, 0.15) is 44.8 Å². The van der Waals surface area contributed by atoms with Gasteiger partial charge in [0.25, 0.3) is 5.91 Å². The van der Waals surface area contributed by atoms with E-state index in [0.29, 0.717) is 30.1 Å². The molecule has 162 valence electrons. The quantitative estimate of drug-likeness (QED) is 0.620. The Bertz CT molecular complexity index is 1220. The molecule has 0 bridgehead atoms. The first-order valence-corrected chi connectivity index (χ1v) is 12.0. The van der Waals surface area contributed by atoms with Crippen LogP contribution in [0.2, 0.25) is 0 Å². The molecule has 1 saturated heterocycles. The Hall–Kier alpha value is -2.69. The number of nitrogens with one attached hydrogen (secondary N) is 1. The first kappa shape index (κ1) is 21.5. The molecule has 4 rings (SSSR count). The number of aromatic nitrogens is 2. The van der Waals surface area contributed by atoms with Crippen molar-refractivity contribution in [3.05, 3.63) is 69.4 Å². The first-order chi connectivity index (χ1) is 14.7. The molecule has 0 radical (unpaired) electrons. The molecule has 3 aromatic rings. The molecule has 7 nitrogen and oxygen atoms in total. The van der Waals surface area contributed by atoms with E-state index in [1.807, 2.05) is 19.9 Å². The molecular formula is C21H21FN4O3S2. The van der Waals surface area contributed by atoms with Crippen LogP contribution in [0.5, 0.6) is 0 Å². The third-order valence-electron chi connectivity index (χ3n) is 5.01. The highest BCUT2D eigenvalue weighted by atomic mass is 32.2. The van der Waals surface area contributed by atoms with Gasteiger partial charge in [0.15, 0.2) is 0 Å². The summed E-state index contributed by atoms with van der Waals surface area (Å²) in [5, 5.41) is 11.2. The lowest BCUT2D eigenvalue weighted by Gasteiger charge is -2.22. The molecule has 1 amide bonds. The first-order valence-electron chi connectivity index (χ1n) is 9.74. The summed E-state index contributed by atoms with van der Waals surface area (Å²) in [6.07, 6.45) is 1.29. The third-order valence-corrected chi connectivity index (χ3v) is 7.92. The number of aryl methyl sites for hydroxylation is 2. The largest absolute Gasteiger partial charge is 0.320 e. The molecule has 1 N–H and O–H groups in total. The minimum absolute atomic E-state index is 0.0925. The molecule has 0 spiro atoms. The number of carbonyl (C=O) groups is 1. The highest BCUT2D eigenvalue weighted by Crippen LogP contribution is 2.38. The number of anilines is 1. The molecule has 1 aliphatic rings. The van der Waals surface area contributed by atoms with Crippen molar-refractivity contribution in [2.45, 2.75) is 37.6 Å². The van der Waals surface area contributed by atoms with Crippen LogP contribution in [-0.2, 0) is 10.0 Å². The lowest BCUT2D eigenvalue weighted by atomic mass is 10.2. The van der Waals surface area contributed by atoms with E-state index < -0.39 is 27.8 Å². The van der Waals surface area contributed by atoms with Gasteiger partial charge >= 0.3 is 0 Å². The molecule has 0 unspecified atom stereocenters. The van der Waals surface area contributed by atoms with Crippen molar-refractivity contribution < 1.29 is 17.6 Å². The molecule has 2 heterocycles. The van der Waals surface area contributed by atoms with Crippen LogP contribution >= 0.6 is 11.3 Å².